The van der Waals surface area contributed by atoms with Crippen molar-refractivity contribution in [1.82, 2.24) is 0 Å². The number of hydrogen-bond acceptors (Lipinski definition) is 4. The van der Waals surface area contributed by atoms with E-state index >= 15 is 0 Å². The van der Waals surface area contributed by atoms with Crippen molar-refractivity contribution in [3.8, 4) is 22.5 Å². The van der Waals surface area contributed by atoms with Crippen LogP contribution in [0, 0.1) is 20.2 Å². The lowest BCUT2D eigenvalue weighted by Crippen LogP contribution is -2.33. The van der Waals surface area contributed by atoms with Crippen LogP contribution in [-0.4, -0.2) is 9.85 Å². The summed E-state index contributed by atoms with van der Waals surface area (Å²) in [6, 6.07) is 19.7. The van der Waals surface area contributed by atoms with Crippen molar-refractivity contribution < 1.29 is 19.0 Å². The number of nitro benzene ring substituents is 2. The molecule has 0 aliphatic heterocycles. The molecule has 0 spiro atoms. The predicted octanol–water partition coefficient (Wildman–Crippen LogP) is 5.66. The van der Waals surface area contributed by atoms with Crippen molar-refractivity contribution in [2.45, 2.75) is 33.6 Å². The maximum Gasteiger partial charge on any atom is 0.347 e. The van der Waals surface area contributed by atoms with Crippen molar-refractivity contribution in [1.29, 1.82) is 0 Å². The summed E-state index contributed by atoms with van der Waals surface area (Å²) in [4.78, 5) is 21.2. The Kier molecular flexibility index (Phi) is 7.05. The van der Waals surface area contributed by atoms with Gasteiger partial charge in [0.05, 0.1) is 9.85 Å². The molecule has 0 aliphatic rings. The van der Waals surface area contributed by atoms with Gasteiger partial charge < -0.3 is 0 Å². The van der Waals surface area contributed by atoms with Crippen molar-refractivity contribution in [2.75, 3.05) is 0 Å². The zero-order chi connectivity index (χ0) is 24.5. The molecule has 2 aromatic carbocycles. The van der Waals surface area contributed by atoms with Crippen LogP contribution < -0.4 is 9.13 Å². The van der Waals surface area contributed by atoms with Crippen LogP contribution >= 0.6 is 0 Å². The highest BCUT2D eigenvalue weighted by molar-refractivity contribution is 5.61. The first kappa shape index (κ1) is 25.2. The number of non-ortho nitro benzene ring substituents is 1. The maximum atomic E-state index is 11.5. The Morgan fingerprint density at radius 2 is 1.20 bits per heavy atom. The molecule has 35 heavy (non-hydrogen) atoms. The van der Waals surface area contributed by atoms with Crippen molar-refractivity contribution >= 4 is 11.4 Å². The Morgan fingerprint density at radius 1 is 0.686 bits per heavy atom. The van der Waals surface area contributed by atoms with Crippen LogP contribution in [0.15, 0.2) is 91.5 Å². The van der Waals surface area contributed by atoms with Gasteiger partial charge in [0.25, 0.3) is 11.4 Å². The second-order valence-corrected chi connectivity index (χ2v) is 8.94. The molecule has 2 aromatic heterocycles. The molecule has 178 valence electrons. The average Bonchev–Trinajstić information content (AvgIpc) is 2.83. The van der Waals surface area contributed by atoms with E-state index in [1.54, 1.807) is 17.0 Å². The molecule has 0 unspecified atom stereocenters. The monoisotopic (exact) mass is 472 g/mol. The molecule has 0 amide bonds. The van der Waals surface area contributed by atoms with Gasteiger partial charge in [0.2, 0.25) is 5.69 Å². The summed E-state index contributed by atoms with van der Waals surface area (Å²) < 4.78 is 3.67. The van der Waals surface area contributed by atoms with E-state index in [1.807, 2.05) is 48.8 Å². The normalized spacial score (nSPS) is 10.9. The lowest BCUT2D eigenvalue weighted by molar-refractivity contribution is -0.600. The molecule has 0 radical (unpaired) electrons. The summed E-state index contributed by atoms with van der Waals surface area (Å²) in [7, 11) is 0. The zero-order valence-corrected chi connectivity index (χ0v) is 19.1. The summed E-state index contributed by atoms with van der Waals surface area (Å²) in [5, 5.41) is 22.4. The van der Waals surface area contributed by atoms with E-state index in [0.29, 0.717) is 0 Å². The summed E-state index contributed by atoms with van der Waals surface area (Å²) in [6.07, 6.45) is 7.45. The number of hydrogen-bond donors (Lipinski definition) is 0. The molecule has 0 N–H and O–H groups in total. The summed E-state index contributed by atoms with van der Waals surface area (Å²) in [5.41, 5.74) is 3.92. The molecular formula is C27H28N4O4+2. The summed E-state index contributed by atoms with van der Waals surface area (Å²) in [5.74, 6) is 0. The highest BCUT2D eigenvalue weighted by Gasteiger charge is 2.26. The number of para-hydroxylation sites is 1. The Morgan fingerprint density at radius 3 is 1.69 bits per heavy atom. The Labute approximate surface area is 204 Å². The van der Waals surface area contributed by atoms with Crippen LogP contribution in [-0.2, 0) is 5.41 Å². The molecule has 0 fully saturated rings. The number of pyridine rings is 2. The largest absolute Gasteiger partial charge is 0.347 e. The fourth-order valence-electron chi connectivity index (χ4n) is 3.88. The molecule has 0 bridgehead atoms. The van der Waals surface area contributed by atoms with E-state index in [1.165, 1.54) is 17.7 Å². The van der Waals surface area contributed by atoms with Crippen LogP contribution in [0.2, 0.25) is 0 Å². The topological polar surface area (TPSA) is 94.0 Å². The number of aromatic nitrogens is 2. The fourth-order valence-corrected chi connectivity index (χ4v) is 3.88. The van der Waals surface area contributed by atoms with Crippen molar-refractivity contribution in [3.63, 3.8) is 0 Å². The first-order chi connectivity index (χ1) is 16.1. The molecular weight excluding hydrogens is 444 g/mol. The van der Waals surface area contributed by atoms with Gasteiger partial charge in [0.15, 0.2) is 24.8 Å². The van der Waals surface area contributed by atoms with E-state index in [0.717, 1.165) is 22.9 Å². The number of benzene rings is 2. The minimum Gasteiger partial charge on any atom is -0.258 e. The first-order valence-electron chi connectivity index (χ1n) is 10.7. The standard InChI is InChI=1S/C26H24N4O4.CH4/c1-26(2,3)22-6-4-5-7-23(22)27-14-10-19(11-15-27)20-12-16-28(17-13-20)24-9-8-21(29(31)32)18-25(24)30(33)34;/h4-18H,1-3H3;1H4/q+2;. The molecule has 8 heteroatoms. The third-order valence-electron chi connectivity index (χ3n) is 5.63. The molecule has 4 aromatic rings. The third kappa shape index (κ3) is 5.22. The van der Waals surface area contributed by atoms with Crippen molar-refractivity contribution in [3.05, 3.63) is 117 Å². The van der Waals surface area contributed by atoms with Gasteiger partial charge in [-0.3, -0.25) is 20.2 Å². The molecule has 8 nitrogen and oxygen atoms in total. The van der Waals surface area contributed by atoms with Crippen LogP contribution in [0.5, 0.6) is 0 Å². The van der Waals surface area contributed by atoms with Gasteiger partial charge in [0.1, 0.15) is 6.07 Å². The number of rotatable bonds is 5. The van der Waals surface area contributed by atoms with Crippen LogP contribution in [0.1, 0.15) is 33.8 Å². The minimum atomic E-state index is -0.647. The summed E-state index contributed by atoms with van der Waals surface area (Å²) in [6.45, 7) is 6.57. The van der Waals surface area contributed by atoms with Crippen molar-refractivity contribution in [2.24, 2.45) is 0 Å². The van der Waals surface area contributed by atoms with E-state index in [-0.39, 0.29) is 29.9 Å². The highest BCUT2D eigenvalue weighted by Crippen LogP contribution is 2.27. The molecule has 0 atom stereocenters. The van der Waals surface area contributed by atoms with Gasteiger partial charge in [0, 0.05) is 48.0 Å². The first-order valence-corrected chi connectivity index (χ1v) is 10.7. The van der Waals surface area contributed by atoms with Crippen LogP contribution in [0.4, 0.5) is 11.4 Å². The third-order valence-corrected chi connectivity index (χ3v) is 5.63. The van der Waals surface area contributed by atoms with Gasteiger partial charge in [-0.1, -0.05) is 46.4 Å². The Hall–Kier alpha value is -4.46. The van der Waals surface area contributed by atoms with E-state index < -0.39 is 9.85 Å². The second kappa shape index (κ2) is 9.80. The average molecular weight is 473 g/mol. The van der Waals surface area contributed by atoms with Crippen LogP contribution in [0.25, 0.3) is 22.5 Å². The smallest absolute Gasteiger partial charge is 0.258 e. The van der Waals surface area contributed by atoms with Gasteiger partial charge in [-0.15, -0.1) is 0 Å². The Bertz CT molecular complexity index is 1380. The molecule has 0 saturated heterocycles. The van der Waals surface area contributed by atoms with E-state index in [4.69, 9.17) is 0 Å². The molecule has 2 heterocycles. The van der Waals surface area contributed by atoms with Gasteiger partial charge in [-0.2, -0.15) is 9.13 Å². The number of nitro groups is 2. The van der Waals surface area contributed by atoms with Crippen LogP contribution in [0.3, 0.4) is 0 Å². The van der Waals surface area contributed by atoms with E-state index in [9.17, 15) is 20.2 Å². The predicted molar refractivity (Wildman–Crippen MR) is 134 cm³/mol. The van der Waals surface area contributed by atoms with Gasteiger partial charge in [-0.25, -0.2) is 0 Å². The molecule has 0 saturated carbocycles. The summed E-state index contributed by atoms with van der Waals surface area (Å²) >= 11 is 0. The molecule has 0 aliphatic carbocycles. The lowest BCUT2D eigenvalue weighted by Gasteiger charge is -2.19. The highest BCUT2D eigenvalue weighted by atomic mass is 16.6. The second-order valence-electron chi connectivity index (χ2n) is 8.94. The minimum absolute atomic E-state index is 0. The van der Waals surface area contributed by atoms with Gasteiger partial charge in [-0.05, 0) is 16.5 Å². The SMILES string of the molecule is C.CC(C)(C)c1ccccc1-[n+]1ccc(-c2cc[n+](-c3ccc([N+](=O)[O-])cc3[N+](=O)[O-])cc2)cc1. The maximum absolute atomic E-state index is 11.5. The fraction of sp³-hybridized carbons (Fsp3) is 0.185. The molecule has 4 rings (SSSR count). The zero-order valence-electron chi connectivity index (χ0n) is 19.1. The quantitative estimate of drug-likeness (QED) is 0.213. The van der Waals surface area contributed by atoms with E-state index in [2.05, 4.69) is 37.5 Å². The Balaban J connectivity index is 0.00000342. The van der Waals surface area contributed by atoms with Gasteiger partial charge >= 0.3 is 5.69 Å². The lowest BCUT2D eigenvalue weighted by atomic mass is 9.85. The number of nitrogens with zero attached hydrogens (tertiary/aromatic N) is 4.